The molecular weight excluding hydrogens is 323 g/mol. The monoisotopic (exact) mass is 328 g/mol. The summed E-state index contributed by atoms with van der Waals surface area (Å²) in [5.74, 6) is -0.178. The van der Waals surface area contributed by atoms with Crippen molar-refractivity contribution in [2.45, 2.75) is 0 Å². The minimum Gasteiger partial charge on any atom is -0.307 e. The maximum absolute atomic E-state index is 12.0. The highest BCUT2D eigenvalue weighted by atomic mass is 35.5. The standard InChI is InChI=1S/C13H7Cl3N2O2/c14-9-3-1-2-8(11(9)15)13(20)18-10-5-4-7(6-17-10)12(16)19/h1-6H,(H,17,18,20). The third-order valence-electron chi connectivity index (χ3n) is 2.43. The lowest BCUT2D eigenvalue weighted by Gasteiger charge is -2.07. The highest BCUT2D eigenvalue weighted by molar-refractivity contribution is 6.67. The molecule has 20 heavy (non-hydrogen) atoms. The Labute approximate surface area is 129 Å². The van der Waals surface area contributed by atoms with Gasteiger partial charge in [0.2, 0.25) is 0 Å². The second-order valence-corrected chi connectivity index (χ2v) is 4.89. The zero-order chi connectivity index (χ0) is 14.7. The van der Waals surface area contributed by atoms with Crippen LogP contribution in [0.3, 0.4) is 0 Å². The summed E-state index contributed by atoms with van der Waals surface area (Å²) in [7, 11) is 0. The fourth-order valence-corrected chi connectivity index (χ4v) is 1.95. The Bertz CT molecular complexity index is 672. The molecule has 0 radical (unpaired) electrons. The number of hydrogen-bond donors (Lipinski definition) is 1. The van der Waals surface area contributed by atoms with Crippen molar-refractivity contribution in [3.63, 3.8) is 0 Å². The van der Waals surface area contributed by atoms with Crippen molar-refractivity contribution in [3.8, 4) is 0 Å². The fourth-order valence-electron chi connectivity index (χ4n) is 1.45. The first-order valence-electron chi connectivity index (χ1n) is 5.40. The van der Waals surface area contributed by atoms with E-state index < -0.39 is 11.1 Å². The normalized spacial score (nSPS) is 10.2. The number of halogens is 3. The number of carbonyl (C=O) groups is 2. The van der Waals surface area contributed by atoms with E-state index in [0.717, 1.165) is 0 Å². The predicted molar refractivity (Wildman–Crippen MR) is 78.8 cm³/mol. The molecule has 1 amide bonds. The van der Waals surface area contributed by atoms with E-state index in [4.69, 9.17) is 34.8 Å². The van der Waals surface area contributed by atoms with E-state index in [1.807, 2.05) is 0 Å². The van der Waals surface area contributed by atoms with Crippen molar-refractivity contribution in [3.05, 3.63) is 57.7 Å². The van der Waals surface area contributed by atoms with E-state index in [1.165, 1.54) is 18.3 Å². The topological polar surface area (TPSA) is 59.1 Å². The van der Waals surface area contributed by atoms with E-state index in [-0.39, 0.29) is 27.0 Å². The van der Waals surface area contributed by atoms with Crippen LogP contribution in [0.1, 0.15) is 20.7 Å². The Morgan fingerprint density at radius 1 is 1.10 bits per heavy atom. The van der Waals surface area contributed by atoms with Gasteiger partial charge >= 0.3 is 0 Å². The number of carbonyl (C=O) groups excluding carboxylic acids is 2. The molecule has 0 aliphatic carbocycles. The summed E-state index contributed by atoms with van der Waals surface area (Å²) in [5, 5.41) is 2.38. The molecule has 102 valence electrons. The first-order valence-corrected chi connectivity index (χ1v) is 6.53. The molecule has 1 N–H and O–H groups in total. The molecule has 0 saturated heterocycles. The number of pyridine rings is 1. The van der Waals surface area contributed by atoms with Crippen LogP contribution in [0, 0.1) is 0 Å². The van der Waals surface area contributed by atoms with Gasteiger partial charge in [0.1, 0.15) is 5.82 Å². The van der Waals surface area contributed by atoms with E-state index in [9.17, 15) is 9.59 Å². The Balaban J connectivity index is 2.19. The van der Waals surface area contributed by atoms with Gasteiger partial charge in [-0.1, -0.05) is 29.3 Å². The van der Waals surface area contributed by atoms with Crippen LogP contribution in [-0.4, -0.2) is 16.1 Å². The minimum atomic E-state index is -0.617. The van der Waals surface area contributed by atoms with Gasteiger partial charge in [0.15, 0.2) is 0 Å². The quantitative estimate of drug-likeness (QED) is 0.865. The maximum Gasteiger partial charge on any atom is 0.258 e. The highest BCUT2D eigenvalue weighted by Gasteiger charge is 2.13. The fraction of sp³-hybridized carbons (Fsp3) is 0. The van der Waals surface area contributed by atoms with Crippen molar-refractivity contribution < 1.29 is 9.59 Å². The number of benzene rings is 1. The molecule has 1 heterocycles. The lowest BCUT2D eigenvalue weighted by atomic mass is 10.2. The molecule has 0 saturated carbocycles. The average Bonchev–Trinajstić information content (AvgIpc) is 2.42. The van der Waals surface area contributed by atoms with E-state index >= 15 is 0 Å². The molecule has 0 atom stereocenters. The van der Waals surface area contributed by atoms with Crippen LogP contribution in [-0.2, 0) is 0 Å². The Hall–Kier alpha value is -1.62. The second kappa shape index (κ2) is 6.22. The molecule has 7 heteroatoms. The SMILES string of the molecule is O=C(Cl)c1ccc(NC(=O)c2cccc(Cl)c2Cl)nc1. The van der Waals surface area contributed by atoms with Crippen LogP contribution in [0.5, 0.6) is 0 Å². The van der Waals surface area contributed by atoms with Crippen molar-refractivity contribution in [2.75, 3.05) is 5.32 Å². The Morgan fingerprint density at radius 2 is 1.85 bits per heavy atom. The number of amides is 1. The summed E-state index contributed by atoms with van der Waals surface area (Å²) < 4.78 is 0. The van der Waals surface area contributed by atoms with Crippen LogP contribution in [0.25, 0.3) is 0 Å². The lowest BCUT2D eigenvalue weighted by molar-refractivity contribution is 0.102. The highest BCUT2D eigenvalue weighted by Crippen LogP contribution is 2.26. The molecule has 1 aromatic heterocycles. The van der Waals surface area contributed by atoms with Gasteiger partial charge in [-0.15, -0.1) is 0 Å². The molecule has 0 aliphatic heterocycles. The number of nitrogens with one attached hydrogen (secondary N) is 1. The Kier molecular flexibility index (Phi) is 4.60. The molecule has 0 spiro atoms. The van der Waals surface area contributed by atoms with Gasteiger partial charge in [0.25, 0.3) is 11.1 Å². The molecule has 0 bridgehead atoms. The predicted octanol–water partition coefficient (Wildman–Crippen LogP) is 4.02. The number of hydrogen-bond acceptors (Lipinski definition) is 3. The van der Waals surface area contributed by atoms with Gasteiger partial charge in [-0.3, -0.25) is 9.59 Å². The summed E-state index contributed by atoms with van der Waals surface area (Å²) in [6.07, 6.45) is 1.27. The van der Waals surface area contributed by atoms with Crippen LogP contribution in [0.15, 0.2) is 36.5 Å². The van der Waals surface area contributed by atoms with Crippen molar-refractivity contribution in [1.29, 1.82) is 0 Å². The third kappa shape index (κ3) is 3.28. The zero-order valence-corrected chi connectivity index (χ0v) is 12.1. The molecule has 0 fully saturated rings. The number of aromatic nitrogens is 1. The molecule has 1 aromatic carbocycles. The van der Waals surface area contributed by atoms with Crippen molar-refractivity contribution in [2.24, 2.45) is 0 Å². The largest absolute Gasteiger partial charge is 0.307 e. The summed E-state index contributed by atoms with van der Waals surface area (Å²) in [6, 6.07) is 7.66. The number of anilines is 1. The smallest absolute Gasteiger partial charge is 0.258 e. The molecule has 2 rings (SSSR count). The van der Waals surface area contributed by atoms with Gasteiger partial charge in [0.05, 0.1) is 21.2 Å². The maximum atomic E-state index is 12.0. The molecular formula is C13H7Cl3N2O2. The molecule has 2 aromatic rings. The van der Waals surface area contributed by atoms with Crippen molar-refractivity contribution in [1.82, 2.24) is 4.98 Å². The van der Waals surface area contributed by atoms with Crippen molar-refractivity contribution >= 4 is 51.8 Å². The van der Waals surface area contributed by atoms with E-state index in [1.54, 1.807) is 18.2 Å². The van der Waals surface area contributed by atoms with Gasteiger partial charge in [0, 0.05) is 6.20 Å². The first kappa shape index (κ1) is 14.8. The summed E-state index contributed by atoms with van der Waals surface area (Å²) >= 11 is 17.1. The lowest BCUT2D eigenvalue weighted by Crippen LogP contribution is -2.13. The average molecular weight is 330 g/mol. The zero-order valence-electron chi connectivity index (χ0n) is 9.86. The molecule has 0 aliphatic rings. The van der Waals surface area contributed by atoms with E-state index in [0.29, 0.717) is 0 Å². The summed E-state index contributed by atoms with van der Waals surface area (Å²) in [5.41, 5.74) is 0.476. The molecule has 0 unspecified atom stereocenters. The first-order chi connectivity index (χ1) is 9.49. The second-order valence-electron chi connectivity index (χ2n) is 3.76. The van der Waals surface area contributed by atoms with Gasteiger partial charge in [-0.05, 0) is 35.9 Å². The van der Waals surface area contributed by atoms with Crippen LogP contribution >= 0.6 is 34.8 Å². The third-order valence-corrected chi connectivity index (χ3v) is 3.47. The van der Waals surface area contributed by atoms with Crippen LogP contribution in [0.2, 0.25) is 10.0 Å². The Morgan fingerprint density at radius 3 is 2.45 bits per heavy atom. The number of rotatable bonds is 3. The number of nitrogens with zero attached hydrogens (tertiary/aromatic N) is 1. The van der Waals surface area contributed by atoms with Crippen LogP contribution < -0.4 is 5.32 Å². The van der Waals surface area contributed by atoms with E-state index in [2.05, 4.69) is 10.3 Å². The summed E-state index contributed by atoms with van der Waals surface area (Å²) in [4.78, 5) is 26.8. The minimum absolute atomic E-state index is 0.166. The van der Waals surface area contributed by atoms with Gasteiger partial charge in [-0.2, -0.15) is 0 Å². The van der Waals surface area contributed by atoms with Crippen LogP contribution in [0.4, 0.5) is 5.82 Å². The molecule has 4 nitrogen and oxygen atoms in total. The van der Waals surface area contributed by atoms with Gasteiger partial charge < -0.3 is 5.32 Å². The summed E-state index contributed by atoms with van der Waals surface area (Å²) in [6.45, 7) is 0. The van der Waals surface area contributed by atoms with Gasteiger partial charge in [-0.25, -0.2) is 4.98 Å².